The zero-order chi connectivity index (χ0) is 13.2. The first-order valence-electron chi connectivity index (χ1n) is 7.62. The summed E-state index contributed by atoms with van der Waals surface area (Å²) in [6.45, 7) is 6.20. The molecule has 1 aliphatic heterocycles. The van der Waals surface area contributed by atoms with Crippen LogP contribution in [-0.4, -0.2) is 42.8 Å². The first kappa shape index (κ1) is 14.3. The van der Waals surface area contributed by atoms with Crippen LogP contribution in [0, 0.1) is 5.92 Å². The van der Waals surface area contributed by atoms with Gasteiger partial charge in [0.2, 0.25) is 0 Å². The lowest BCUT2D eigenvalue weighted by atomic mass is 9.80. The summed E-state index contributed by atoms with van der Waals surface area (Å²) >= 11 is 0. The second-order valence-electron chi connectivity index (χ2n) is 6.59. The van der Waals surface area contributed by atoms with E-state index in [0.29, 0.717) is 6.10 Å². The third-order valence-electron chi connectivity index (χ3n) is 5.30. The van der Waals surface area contributed by atoms with Gasteiger partial charge in [-0.1, -0.05) is 6.92 Å². The van der Waals surface area contributed by atoms with Crippen LogP contribution in [0.5, 0.6) is 0 Å². The number of nitrogens with two attached hydrogens (primary N) is 1. The molecule has 2 aliphatic rings. The molecule has 0 radical (unpaired) electrons. The molecule has 2 fully saturated rings. The third-order valence-corrected chi connectivity index (χ3v) is 5.30. The molecule has 2 atom stereocenters. The van der Waals surface area contributed by atoms with Gasteiger partial charge in [0.05, 0.1) is 6.10 Å². The van der Waals surface area contributed by atoms with Crippen LogP contribution in [0.1, 0.15) is 52.4 Å². The third kappa shape index (κ3) is 2.89. The summed E-state index contributed by atoms with van der Waals surface area (Å²) in [4.78, 5) is 2.61. The van der Waals surface area contributed by atoms with Crippen molar-refractivity contribution in [3.05, 3.63) is 0 Å². The highest BCUT2D eigenvalue weighted by atomic mass is 16.5. The molecule has 3 nitrogen and oxygen atoms in total. The Hall–Kier alpha value is -0.120. The highest BCUT2D eigenvalue weighted by Crippen LogP contribution is 2.35. The minimum absolute atomic E-state index is 0.183. The minimum atomic E-state index is 0.183. The van der Waals surface area contributed by atoms with Gasteiger partial charge in [0.15, 0.2) is 0 Å². The highest BCUT2D eigenvalue weighted by Gasteiger charge is 2.41. The number of hydrogen-bond acceptors (Lipinski definition) is 3. The van der Waals surface area contributed by atoms with E-state index in [1.165, 1.54) is 25.7 Å². The first-order valence-corrected chi connectivity index (χ1v) is 7.62. The summed E-state index contributed by atoms with van der Waals surface area (Å²) in [5.41, 5.74) is 6.32. The molecule has 0 spiro atoms. The smallest absolute Gasteiger partial charge is 0.0565 e. The zero-order valence-electron chi connectivity index (χ0n) is 12.3. The van der Waals surface area contributed by atoms with Crippen LogP contribution < -0.4 is 5.73 Å². The standard InChI is InChI=1S/C15H30N2O/c1-12-4-6-14(7-5-12)17(3)15(11-16)8-9-18-13(2)10-15/h12-14H,4-11,16H2,1-3H3. The Morgan fingerprint density at radius 3 is 2.44 bits per heavy atom. The topological polar surface area (TPSA) is 38.5 Å². The Kier molecular flexibility index (Phi) is 4.68. The Balaban J connectivity index is 2.02. The lowest BCUT2D eigenvalue weighted by Gasteiger charge is -2.50. The number of nitrogens with zero attached hydrogens (tertiary/aromatic N) is 1. The van der Waals surface area contributed by atoms with Crippen LogP contribution in [0.4, 0.5) is 0 Å². The molecule has 2 unspecified atom stereocenters. The summed E-state index contributed by atoms with van der Waals surface area (Å²) in [5.74, 6) is 0.914. The van der Waals surface area contributed by atoms with Crippen LogP contribution in [0.25, 0.3) is 0 Å². The van der Waals surface area contributed by atoms with Crippen molar-refractivity contribution in [3.8, 4) is 0 Å². The first-order chi connectivity index (χ1) is 8.57. The summed E-state index contributed by atoms with van der Waals surface area (Å²) in [5, 5.41) is 0. The Bertz CT molecular complexity index is 263. The predicted molar refractivity (Wildman–Crippen MR) is 75.6 cm³/mol. The van der Waals surface area contributed by atoms with Crippen molar-refractivity contribution >= 4 is 0 Å². The number of likely N-dealkylation sites (N-methyl/N-ethyl adjacent to an activating group) is 1. The lowest BCUT2D eigenvalue weighted by Crippen LogP contribution is -2.60. The molecule has 1 heterocycles. The molecule has 1 aliphatic carbocycles. The highest BCUT2D eigenvalue weighted by molar-refractivity contribution is 4.97. The van der Waals surface area contributed by atoms with E-state index in [4.69, 9.17) is 10.5 Å². The summed E-state index contributed by atoms with van der Waals surface area (Å²) in [6, 6.07) is 0.732. The van der Waals surface area contributed by atoms with Gasteiger partial charge in [-0.15, -0.1) is 0 Å². The zero-order valence-corrected chi connectivity index (χ0v) is 12.3. The number of rotatable bonds is 3. The van der Waals surface area contributed by atoms with Gasteiger partial charge >= 0.3 is 0 Å². The van der Waals surface area contributed by atoms with Gasteiger partial charge in [-0.05, 0) is 58.4 Å². The molecule has 0 aromatic heterocycles. The van der Waals surface area contributed by atoms with E-state index in [-0.39, 0.29) is 5.54 Å². The molecule has 0 bridgehead atoms. The second-order valence-corrected chi connectivity index (χ2v) is 6.59. The number of ether oxygens (including phenoxy) is 1. The predicted octanol–water partition coefficient (Wildman–Crippen LogP) is 2.39. The van der Waals surface area contributed by atoms with Crippen molar-refractivity contribution in [2.45, 2.75) is 70.1 Å². The SMILES string of the molecule is CC1CCC(N(C)C2(CN)CCOC(C)C2)CC1. The van der Waals surface area contributed by atoms with E-state index < -0.39 is 0 Å². The van der Waals surface area contributed by atoms with Crippen molar-refractivity contribution in [3.63, 3.8) is 0 Å². The maximum Gasteiger partial charge on any atom is 0.0565 e. The van der Waals surface area contributed by atoms with Crippen LogP contribution in [0.3, 0.4) is 0 Å². The maximum absolute atomic E-state index is 6.14. The monoisotopic (exact) mass is 254 g/mol. The van der Waals surface area contributed by atoms with E-state index in [1.54, 1.807) is 0 Å². The molecule has 1 saturated heterocycles. The average molecular weight is 254 g/mol. The van der Waals surface area contributed by atoms with Gasteiger partial charge in [-0.2, -0.15) is 0 Å². The van der Waals surface area contributed by atoms with Gasteiger partial charge in [-0.3, -0.25) is 4.90 Å². The normalized spacial score (nSPS) is 42.2. The molecule has 0 aromatic rings. The quantitative estimate of drug-likeness (QED) is 0.840. The molecule has 3 heteroatoms. The fourth-order valence-corrected chi connectivity index (χ4v) is 3.81. The van der Waals surface area contributed by atoms with Crippen molar-refractivity contribution in [2.75, 3.05) is 20.2 Å². The van der Waals surface area contributed by atoms with Crippen LogP contribution in [0.15, 0.2) is 0 Å². The number of hydrogen-bond donors (Lipinski definition) is 1. The summed E-state index contributed by atoms with van der Waals surface area (Å²) in [7, 11) is 2.30. The van der Waals surface area contributed by atoms with Crippen molar-refractivity contribution in [1.82, 2.24) is 4.90 Å². The minimum Gasteiger partial charge on any atom is -0.378 e. The van der Waals surface area contributed by atoms with Gasteiger partial charge in [0.1, 0.15) is 0 Å². The van der Waals surface area contributed by atoms with Gasteiger partial charge < -0.3 is 10.5 Å². The maximum atomic E-state index is 6.14. The summed E-state index contributed by atoms with van der Waals surface area (Å²) in [6.07, 6.45) is 7.97. The van der Waals surface area contributed by atoms with E-state index in [0.717, 1.165) is 38.0 Å². The molecular formula is C15H30N2O. The second kappa shape index (κ2) is 5.89. The Morgan fingerprint density at radius 1 is 1.22 bits per heavy atom. The van der Waals surface area contributed by atoms with Gasteiger partial charge in [-0.25, -0.2) is 0 Å². The lowest BCUT2D eigenvalue weighted by molar-refractivity contribution is -0.0731. The average Bonchev–Trinajstić information content (AvgIpc) is 2.38. The van der Waals surface area contributed by atoms with Crippen molar-refractivity contribution in [1.29, 1.82) is 0 Å². The largest absolute Gasteiger partial charge is 0.378 e. The fourth-order valence-electron chi connectivity index (χ4n) is 3.81. The van der Waals surface area contributed by atoms with Crippen LogP contribution in [0.2, 0.25) is 0 Å². The Labute approximate surface area is 112 Å². The van der Waals surface area contributed by atoms with Gasteiger partial charge in [0.25, 0.3) is 0 Å². The van der Waals surface area contributed by atoms with Crippen LogP contribution in [-0.2, 0) is 4.74 Å². The van der Waals surface area contributed by atoms with E-state index in [2.05, 4.69) is 25.8 Å². The summed E-state index contributed by atoms with van der Waals surface area (Å²) < 4.78 is 5.71. The molecular weight excluding hydrogens is 224 g/mol. The van der Waals surface area contributed by atoms with E-state index in [9.17, 15) is 0 Å². The molecule has 0 aromatic carbocycles. The molecule has 18 heavy (non-hydrogen) atoms. The van der Waals surface area contributed by atoms with Crippen molar-refractivity contribution in [2.24, 2.45) is 11.7 Å². The molecule has 1 saturated carbocycles. The molecule has 2 N–H and O–H groups in total. The fraction of sp³-hybridized carbons (Fsp3) is 1.00. The van der Waals surface area contributed by atoms with Gasteiger partial charge in [0, 0.05) is 24.7 Å². The molecule has 106 valence electrons. The van der Waals surface area contributed by atoms with Crippen LogP contribution >= 0.6 is 0 Å². The van der Waals surface area contributed by atoms with E-state index >= 15 is 0 Å². The molecule has 2 rings (SSSR count). The van der Waals surface area contributed by atoms with Crippen molar-refractivity contribution < 1.29 is 4.74 Å². The van der Waals surface area contributed by atoms with E-state index in [1.807, 2.05) is 0 Å². The Morgan fingerprint density at radius 2 is 1.89 bits per heavy atom. The molecule has 0 amide bonds.